The molecule has 1 atom stereocenters. The molecule has 94 valence electrons. The molecule has 0 aliphatic rings. The maximum Gasteiger partial charge on any atom is 0.416 e. The zero-order chi connectivity index (χ0) is 13.1. The first-order valence-corrected chi connectivity index (χ1v) is 5.40. The van der Waals surface area contributed by atoms with Gasteiger partial charge in [0.2, 0.25) is 5.91 Å². The van der Waals surface area contributed by atoms with Crippen molar-refractivity contribution >= 4 is 17.5 Å². The molecule has 0 saturated carbocycles. The van der Waals surface area contributed by atoms with Crippen molar-refractivity contribution in [2.45, 2.75) is 19.1 Å². The fourth-order valence-electron chi connectivity index (χ4n) is 1.32. The van der Waals surface area contributed by atoms with Crippen LogP contribution < -0.4 is 5.32 Å². The van der Waals surface area contributed by atoms with E-state index < -0.39 is 11.7 Å². The summed E-state index contributed by atoms with van der Waals surface area (Å²) in [5, 5.41) is 2.55. The first-order valence-electron chi connectivity index (χ1n) is 4.87. The molecule has 0 spiro atoms. The molecule has 17 heavy (non-hydrogen) atoms. The Morgan fingerprint density at radius 3 is 2.29 bits per heavy atom. The van der Waals surface area contributed by atoms with Gasteiger partial charge >= 0.3 is 6.18 Å². The van der Waals surface area contributed by atoms with Crippen LogP contribution in [-0.4, -0.2) is 11.8 Å². The highest BCUT2D eigenvalue weighted by Crippen LogP contribution is 2.29. The molecule has 1 rings (SSSR count). The summed E-state index contributed by atoms with van der Waals surface area (Å²) in [7, 11) is 0. The predicted octanol–water partition coefficient (Wildman–Crippen LogP) is 3.12. The summed E-state index contributed by atoms with van der Waals surface area (Å²) in [6, 6.07) is 4.27. The third-order valence-electron chi connectivity index (χ3n) is 2.24. The van der Waals surface area contributed by atoms with Crippen LogP contribution in [0.3, 0.4) is 0 Å². The second-order valence-corrected chi connectivity index (χ2v) is 3.81. The highest BCUT2D eigenvalue weighted by atomic mass is 35.5. The van der Waals surface area contributed by atoms with Crippen LogP contribution in [0.25, 0.3) is 0 Å². The maximum atomic E-state index is 12.3. The summed E-state index contributed by atoms with van der Waals surface area (Å²) in [5.74, 6) is -0.538. The molecule has 0 heterocycles. The van der Waals surface area contributed by atoms with Gasteiger partial charge in [-0.25, -0.2) is 0 Å². The summed E-state index contributed by atoms with van der Waals surface area (Å²) in [5.41, 5.74) is -0.117. The van der Waals surface area contributed by atoms with Gasteiger partial charge < -0.3 is 5.32 Å². The molecule has 0 aromatic heterocycles. The second kappa shape index (κ2) is 5.40. The predicted molar refractivity (Wildman–Crippen MR) is 58.7 cm³/mol. The highest BCUT2D eigenvalue weighted by Gasteiger charge is 2.30. The van der Waals surface area contributed by atoms with Crippen molar-refractivity contribution in [3.05, 3.63) is 35.4 Å². The monoisotopic (exact) mass is 265 g/mol. The molecule has 0 aliphatic heterocycles. The van der Waals surface area contributed by atoms with E-state index in [9.17, 15) is 18.0 Å². The van der Waals surface area contributed by atoms with Crippen molar-refractivity contribution in [1.82, 2.24) is 5.32 Å². The lowest BCUT2D eigenvalue weighted by Crippen LogP contribution is -2.27. The first-order chi connectivity index (χ1) is 7.84. The Bertz CT molecular complexity index is 389. The molecule has 0 bridgehead atoms. The molecule has 0 aliphatic carbocycles. The fourth-order valence-corrected chi connectivity index (χ4v) is 1.40. The van der Waals surface area contributed by atoms with Crippen molar-refractivity contribution in [1.29, 1.82) is 0 Å². The van der Waals surface area contributed by atoms with Gasteiger partial charge in [-0.1, -0.05) is 12.1 Å². The summed E-state index contributed by atoms with van der Waals surface area (Å²) < 4.78 is 36.9. The molecule has 0 fully saturated rings. The number of alkyl halides is 4. The molecule has 0 radical (unpaired) electrons. The average molecular weight is 266 g/mol. The average Bonchev–Trinajstić information content (AvgIpc) is 2.27. The Morgan fingerprint density at radius 1 is 1.35 bits per heavy atom. The zero-order valence-corrected chi connectivity index (χ0v) is 9.77. The topological polar surface area (TPSA) is 29.1 Å². The van der Waals surface area contributed by atoms with Crippen LogP contribution in [0.5, 0.6) is 0 Å². The van der Waals surface area contributed by atoms with Crippen molar-refractivity contribution in [3.8, 4) is 0 Å². The maximum absolute atomic E-state index is 12.3. The van der Waals surface area contributed by atoms with Gasteiger partial charge in [-0.15, -0.1) is 11.6 Å². The third-order valence-corrected chi connectivity index (χ3v) is 2.48. The molecule has 0 unspecified atom stereocenters. The minimum Gasteiger partial charge on any atom is -0.349 e. The first kappa shape index (κ1) is 13.8. The van der Waals surface area contributed by atoms with Crippen molar-refractivity contribution in [2.75, 3.05) is 5.88 Å². The highest BCUT2D eigenvalue weighted by molar-refractivity contribution is 6.27. The van der Waals surface area contributed by atoms with Gasteiger partial charge in [-0.3, -0.25) is 4.79 Å². The standard InChI is InChI=1S/C11H11ClF3NO/c1-7(16-10(17)6-12)8-2-4-9(5-3-8)11(13,14)15/h2-5,7H,6H2,1H3,(H,16,17)/t7-/m1/s1. The molecule has 0 saturated heterocycles. The SMILES string of the molecule is C[C@@H](NC(=O)CCl)c1ccc(C(F)(F)F)cc1. The lowest BCUT2D eigenvalue weighted by molar-refractivity contribution is -0.137. The zero-order valence-electron chi connectivity index (χ0n) is 9.01. The van der Waals surface area contributed by atoms with E-state index in [1.165, 1.54) is 12.1 Å². The van der Waals surface area contributed by atoms with Crippen molar-refractivity contribution < 1.29 is 18.0 Å². The normalized spacial score (nSPS) is 13.2. The largest absolute Gasteiger partial charge is 0.416 e. The van der Waals surface area contributed by atoms with E-state index in [4.69, 9.17) is 11.6 Å². The molecule has 1 N–H and O–H groups in total. The Kier molecular flexibility index (Phi) is 4.40. The lowest BCUT2D eigenvalue weighted by Gasteiger charge is -2.14. The van der Waals surface area contributed by atoms with Gasteiger partial charge in [0.15, 0.2) is 0 Å². The number of rotatable bonds is 3. The van der Waals surface area contributed by atoms with Crippen LogP contribution in [0.1, 0.15) is 24.1 Å². The van der Waals surface area contributed by atoms with E-state index in [0.29, 0.717) is 5.56 Å². The van der Waals surface area contributed by atoms with Crippen LogP contribution in [0.4, 0.5) is 13.2 Å². The van der Waals surface area contributed by atoms with Crippen LogP contribution in [-0.2, 0) is 11.0 Å². The van der Waals surface area contributed by atoms with Gasteiger partial charge in [0.1, 0.15) is 5.88 Å². The number of benzene rings is 1. The fraction of sp³-hybridized carbons (Fsp3) is 0.364. The number of carbonyl (C=O) groups excluding carboxylic acids is 1. The van der Waals surface area contributed by atoms with Gasteiger partial charge in [-0.05, 0) is 24.6 Å². The molecule has 6 heteroatoms. The molecular weight excluding hydrogens is 255 g/mol. The summed E-state index contributed by atoms with van der Waals surface area (Å²) in [6.45, 7) is 1.67. The minimum absolute atomic E-state index is 0.176. The number of carbonyl (C=O) groups is 1. The van der Waals surface area contributed by atoms with Crippen molar-refractivity contribution in [3.63, 3.8) is 0 Å². The number of hydrogen-bond donors (Lipinski definition) is 1. The summed E-state index contributed by atoms with van der Waals surface area (Å²) >= 11 is 5.31. The van der Waals surface area contributed by atoms with E-state index in [1.54, 1.807) is 6.92 Å². The van der Waals surface area contributed by atoms with E-state index in [1.807, 2.05) is 0 Å². The van der Waals surface area contributed by atoms with Crippen molar-refractivity contribution in [2.24, 2.45) is 0 Å². The number of nitrogens with one attached hydrogen (secondary N) is 1. The Hall–Kier alpha value is -1.23. The van der Waals surface area contributed by atoms with Crippen LogP contribution in [0.15, 0.2) is 24.3 Å². The summed E-state index contributed by atoms with van der Waals surface area (Å²) in [4.78, 5) is 11.0. The number of amides is 1. The van der Waals surface area contributed by atoms with Crippen LogP contribution >= 0.6 is 11.6 Å². The smallest absolute Gasteiger partial charge is 0.349 e. The minimum atomic E-state index is -4.35. The quantitative estimate of drug-likeness (QED) is 0.836. The molecule has 1 amide bonds. The molecule has 1 aromatic carbocycles. The Morgan fingerprint density at radius 2 is 1.88 bits per heavy atom. The molecule has 2 nitrogen and oxygen atoms in total. The number of hydrogen-bond acceptors (Lipinski definition) is 1. The van der Waals surface area contributed by atoms with E-state index in [-0.39, 0.29) is 17.8 Å². The Labute approximate surface area is 102 Å². The molecular formula is C11H11ClF3NO. The number of halogens is 4. The lowest BCUT2D eigenvalue weighted by atomic mass is 10.1. The second-order valence-electron chi connectivity index (χ2n) is 3.54. The van der Waals surface area contributed by atoms with E-state index in [2.05, 4.69) is 5.32 Å². The van der Waals surface area contributed by atoms with Gasteiger partial charge in [0, 0.05) is 0 Å². The van der Waals surface area contributed by atoms with E-state index in [0.717, 1.165) is 12.1 Å². The third kappa shape index (κ3) is 3.93. The van der Waals surface area contributed by atoms with Gasteiger partial charge in [0.05, 0.1) is 11.6 Å². The van der Waals surface area contributed by atoms with Crippen LogP contribution in [0.2, 0.25) is 0 Å². The van der Waals surface area contributed by atoms with E-state index >= 15 is 0 Å². The molecule has 1 aromatic rings. The van der Waals surface area contributed by atoms with Gasteiger partial charge in [-0.2, -0.15) is 13.2 Å². The Balaban J connectivity index is 2.77. The summed E-state index contributed by atoms with van der Waals surface area (Å²) in [6.07, 6.45) is -4.35. The van der Waals surface area contributed by atoms with Gasteiger partial charge in [0.25, 0.3) is 0 Å². The van der Waals surface area contributed by atoms with Crippen LogP contribution in [0, 0.1) is 0 Å².